The summed E-state index contributed by atoms with van der Waals surface area (Å²) in [6.07, 6.45) is 0. The Kier molecular flexibility index (Phi) is 3.61. The average molecular weight is 244 g/mol. The van der Waals surface area contributed by atoms with Crippen LogP contribution in [-0.2, 0) is 9.59 Å². The van der Waals surface area contributed by atoms with Crippen LogP contribution in [0.3, 0.4) is 0 Å². The Morgan fingerprint density at radius 1 is 1.27 bits per heavy atom. The molecule has 6 heteroatoms. The summed E-state index contributed by atoms with van der Waals surface area (Å²) in [4.78, 5) is 23.1. The van der Waals surface area contributed by atoms with Crippen molar-refractivity contribution in [2.75, 3.05) is 0 Å². The normalized spacial score (nSPS) is 18.7. The minimum Gasteiger partial charge on any atom is -0.302 e. The molecule has 0 aromatic rings. The molecule has 1 fully saturated rings. The van der Waals surface area contributed by atoms with E-state index in [4.69, 9.17) is 12.2 Å². The van der Waals surface area contributed by atoms with Gasteiger partial charge in [0, 0.05) is 8.07 Å². The first-order valence-corrected chi connectivity index (χ1v) is 8.83. The number of rotatable bonds is 3. The zero-order chi connectivity index (χ0) is 11.6. The average Bonchev–Trinajstić information content (AvgIpc) is 2.11. The zero-order valence-corrected chi connectivity index (χ0v) is 11.0. The van der Waals surface area contributed by atoms with Gasteiger partial charge in [0.05, 0.1) is 0 Å². The minimum absolute atomic E-state index is 0.122. The lowest BCUT2D eigenvalue weighted by Crippen LogP contribution is -2.56. The summed E-state index contributed by atoms with van der Waals surface area (Å²) in [5, 5.41) is 5.10. The number of thiocarbonyl (C=S) groups is 1. The minimum atomic E-state index is -1.44. The van der Waals surface area contributed by atoms with Crippen LogP contribution >= 0.6 is 12.2 Å². The van der Waals surface area contributed by atoms with Gasteiger partial charge in [0.1, 0.15) is 5.92 Å². The lowest BCUT2D eigenvalue weighted by molar-refractivity contribution is -0.134. The molecule has 0 aliphatic carbocycles. The summed E-state index contributed by atoms with van der Waals surface area (Å²) >= 11 is 4.73. The zero-order valence-electron chi connectivity index (χ0n) is 9.22. The summed E-state index contributed by atoms with van der Waals surface area (Å²) in [6, 6.07) is 1.75. The van der Waals surface area contributed by atoms with E-state index in [0.29, 0.717) is 6.04 Å². The largest absolute Gasteiger partial charge is 0.302 e. The Labute approximate surface area is 95.8 Å². The molecule has 0 aromatic carbocycles. The van der Waals surface area contributed by atoms with Crippen LogP contribution in [0, 0.1) is 5.92 Å². The summed E-state index contributed by atoms with van der Waals surface area (Å²) < 4.78 is 0. The summed E-state index contributed by atoms with van der Waals surface area (Å²) in [5.74, 6) is -1.06. The molecular weight excluding hydrogens is 228 g/mol. The maximum Gasteiger partial charge on any atom is 0.238 e. The third-order valence-corrected chi connectivity index (χ3v) is 6.45. The standard InChI is InChI=1S/C9H16N2O2SSi/c1-4-15(2,3)5-6-7(12)10-9(14)11-8(6)13/h6H,4-5H2,1-3H3,(H2,10,11,12,13,14). The summed E-state index contributed by atoms with van der Waals surface area (Å²) in [6.45, 7) is 6.47. The summed E-state index contributed by atoms with van der Waals surface area (Å²) in [5.41, 5.74) is 0. The van der Waals surface area contributed by atoms with E-state index in [1.165, 1.54) is 0 Å². The fraction of sp³-hybridized carbons (Fsp3) is 0.667. The van der Waals surface area contributed by atoms with Crippen molar-refractivity contribution in [1.29, 1.82) is 0 Å². The van der Waals surface area contributed by atoms with Crippen LogP contribution in [0.25, 0.3) is 0 Å². The topological polar surface area (TPSA) is 58.2 Å². The Morgan fingerprint density at radius 2 is 1.73 bits per heavy atom. The van der Waals surface area contributed by atoms with Crippen LogP contribution in [-0.4, -0.2) is 25.0 Å². The highest BCUT2D eigenvalue weighted by molar-refractivity contribution is 7.80. The van der Waals surface area contributed by atoms with Gasteiger partial charge in [-0.3, -0.25) is 9.59 Å². The van der Waals surface area contributed by atoms with E-state index in [1.54, 1.807) is 0 Å². The van der Waals surface area contributed by atoms with Crippen LogP contribution in [0.5, 0.6) is 0 Å². The van der Waals surface area contributed by atoms with Crippen molar-refractivity contribution in [2.45, 2.75) is 32.1 Å². The van der Waals surface area contributed by atoms with Gasteiger partial charge in [0.15, 0.2) is 5.11 Å². The number of hydrogen-bond donors (Lipinski definition) is 2. The van der Waals surface area contributed by atoms with Crippen LogP contribution in [0.2, 0.25) is 25.2 Å². The van der Waals surface area contributed by atoms with Crippen molar-refractivity contribution in [1.82, 2.24) is 10.6 Å². The maximum absolute atomic E-state index is 11.6. The molecule has 0 radical (unpaired) electrons. The molecule has 0 spiro atoms. The molecule has 1 saturated heterocycles. The van der Waals surface area contributed by atoms with Gasteiger partial charge >= 0.3 is 0 Å². The van der Waals surface area contributed by atoms with Gasteiger partial charge in [0.25, 0.3) is 0 Å². The number of carbonyl (C=O) groups excluding carboxylic acids is 2. The predicted octanol–water partition coefficient (Wildman–Crippen LogP) is 0.862. The SMILES string of the molecule is CC[Si](C)(C)CC1C(=O)NC(=S)NC1=O. The van der Waals surface area contributed by atoms with Gasteiger partial charge in [-0.15, -0.1) is 0 Å². The first-order chi connectivity index (χ1) is 6.85. The molecule has 1 heterocycles. The molecule has 15 heavy (non-hydrogen) atoms. The van der Waals surface area contributed by atoms with Crippen molar-refractivity contribution in [3.63, 3.8) is 0 Å². The smallest absolute Gasteiger partial charge is 0.238 e. The Morgan fingerprint density at radius 3 is 2.13 bits per heavy atom. The van der Waals surface area contributed by atoms with Crippen LogP contribution in [0.15, 0.2) is 0 Å². The van der Waals surface area contributed by atoms with E-state index in [2.05, 4.69) is 30.7 Å². The lowest BCUT2D eigenvalue weighted by Gasteiger charge is -2.28. The van der Waals surface area contributed by atoms with Crippen molar-refractivity contribution in [3.8, 4) is 0 Å². The van der Waals surface area contributed by atoms with E-state index in [9.17, 15) is 9.59 Å². The number of carbonyl (C=O) groups is 2. The molecule has 0 aromatic heterocycles. The molecule has 0 unspecified atom stereocenters. The van der Waals surface area contributed by atoms with Crippen molar-refractivity contribution >= 4 is 37.2 Å². The molecule has 1 aliphatic heterocycles. The molecular formula is C9H16N2O2SSi. The Balaban J connectivity index is 2.73. The highest BCUT2D eigenvalue weighted by Gasteiger charge is 2.36. The highest BCUT2D eigenvalue weighted by Crippen LogP contribution is 2.22. The van der Waals surface area contributed by atoms with Crippen LogP contribution in [0.4, 0.5) is 0 Å². The second-order valence-electron chi connectivity index (χ2n) is 4.58. The molecule has 0 bridgehead atoms. The molecule has 0 atom stereocenters. The third kappa shape index (κ3) is 3.10. The number of nitrogens with one attached hydrogen (secondary N) is 2. The van der Waals surface area contributed by atoms with Gasteiger partial charge in [-0.2, -0.15) is 0 Å². The molecule has 1 aliphatic rings. The second kappa shape index (κ2) is 4.40. The van der Waals surface area contributed by atoms with Crippen LogP contribution in [0.1, 0.15) is 6.92 Å². The van der Waals surface area contributed by atoms with Crippen LogP contribution < -0.4 is 10.6 Å². The van der Waals surface area contributed by atoms with Gasteiger partial charge in [-0.1, -0.05) is 26.1 Å². The van der Waals surface area contributed by atoms with E-state index in [-0.39, 0.29) is 16.9 Å². The van der Waals surface area contributed by atoms with Gasteiger partial charge in [-0.25, -0.2) is 0 Å². The molecule has 4 nitrogen and oxygen atoms in total. The summed E-state index contributed by atoms with van der Waals surface area (Å²) in [7, 11) is -1.44. The second-order valence-corrected chi connectivity index (χ2v) is 10.4. The first kappa shape index (κ1) is 12.3. The Bertz CT molecular complexity index is 297. The van der Waals surface area contributed by atoms with Crippen molar-refractivity contribution in [2.24, 2.45) is 5.92 Å². The lowest BCUT2D eigenvalue weighted by atomic mass is 10.1. The van der Waals surface area contributed by atoms with Gasteiger partial charge in [0.2, 0.25) is 11.8 Å². The molecule has 1 rings (SSSR count). The van der Waals surface area contributed by atoms with Crippen molar-refractivity contribution < 1.29 is 9.59 Å². The molecule has 84 valence electrons. The van der Waals surface area contributed by atoms with E-state index < -0.39 is 14.0 Å². The number of amides is 2. The molecule has 2 amide bonds. The maximum atomic E-state index is 11.6. The fourth-order valence-corrected chi connectivity index (χ4v) is 3.40. The van der Waals surface area contributed by atoms with Gasteiger partial charge < -0.3 is 10.6 Å². The number of hydrogen-bond acceptors (Lipinski definition) is 3. The molecule has 2 N–H and O–H groups in total. The molecule has 0 saturated carbocycles. The quantitative estimate of drug-likeness (QED) is 0.440. The monoisotopic (exact) mass is 244 g/mol. The van der Waals surface area contributed by atoms with E-state index in [1.807, 2.05) is 0 Å². The first-order valence-electron chi connectivity index (χ1n) is 5.01. The predicted molar refractivity (Wildman–Crippen MR) is 65.1 cm³/mol. The highest BCUT2D eigenvalue weighted by atomic mass is 32.1. The van der Waals surface area contributed by atoms with E-state index in [0.717, 1.165) is 6.04 Å². The van der Waals surface area contributed by atoms with Crippen molar-refractivity contribution in [3.05, 3.63) is 0 Å². The van der Waals surface area contributed by atoms with E-state index >= 15 is 0 Å². The fourth-order valence-electron chi connectivity index (χ4n) is 1.43. The Hall–Kier alpha value is -0.753. The van der Waals surface area contributed by atoms with Gasteiger partial charge in [-0.05, 0) is 18.3 Å². The third-order valence-electron chi connectivity index (χ3n) is 2.82.